The number of carbonyl (C=O) groups is 1. The Morgan fingerprint density at radius 2 is 1.75 bits per heavy atom. The molecule has 1 saturated heterocycles. The standard InChI is InChI=1S/C22H27NO4S/c1-16-11-17(2)22(18(3)12-16)27-14-21(24)23(13-19-7-5-4-6-8-19)20-9-10-28(25,26)15-20/h4-8,11-12,20H,9-10,13-15H2,1-3H3/t20-/m0/s1. The molecule has 5 nitrogen and oxygen atoms in total. The molecule has 28 heavy (non-hydrogen) atoms. The molecule has 2 aromatic carbocycles. The van der Waals surface area contributed by atoms with E-state index in [1.54, 1.807) is 4.90 Å². The van der Waals surface area contributed by atoms with Crippen molar-refractivity contribution < 1.29 is 17.9 Å². The number of sulfone groups is 1. The van der Waals surface area contributed by atoms with Gasteiger partial charge in [0.15, 0.2) is 16.4 Å². The molecule has 0 spiro atoms. The van der Waals surface area contributed by atoms with E-state index in [0.29, 0.717) is 13.0 Å². The third-order valence-electron chi connectivity index (χ3n) is 5.11. The molecule has 0 aliphatic carbocycles. The van der Waals surface area contributed by atoms with E-state index in [2.05, 4.69) is 0 Å². The summed E-state index contributed by atoms with van der Waals surface area (Å²) in [5, 5.41) is 0. The first kappa shape index (κ1) is 20.4. The Kier molecular flexibility index (Phi) is 6.08. The van der Waals surface area contributed by atoms with Gasteiger partial charge in [0, 0.05) is 12.6 Å². The van der Waals surface area contributed by atoms with E-state index in [1.165, 1.54) is 0 Å². The first-order valence-corrected chi connectivity index (χ1v) is 11.3. The maximum absolute atomic E-state index is 13.0. The summed E-state index contributed by atoms with van der Waals surface area (Å²) in [6, 6.07) is 13.4. The predicted molar refractivity (Wildman–Crippen MR) is 110 cm³/mol. The van der Waals surface area contributed by atoms with Crippen molar-refractivity contribution in [3.05, 3.63) is 64.7 Å². The second-order valence-electron chi connectivity index (χ2n) is 7.58. The molecule has 2 aromatic rings. The number of nitrogens with zero attached hydrogens (tertiary/aromatic N) is 1. The van der Waals surface area contributed by atoms with E-state index in [0.717, 1.165) is 28.0 Å². The van der Waals surface area contributed by atoms with Crippen LogP contribution in [0.1, 0.15) is 28.7 Å². The first-order chi connectivity index (χ1) is 13.2. The van der Waals surface area contributed by atoms with Crippen molar-refractivity contribution in [1.29, 1.82) is 0 Å². The van der Waals surface area contributed by atoms with Crippen molar-refractivity contribution in [2.75, 3.05) is 18.1 Å². The molecule has 0 unspecified atom stereocenters. The highest BCUT2D eigenvalue weighted by Gasteiger charge is 2.34. The van der Waals surface area contributed by atoms with E-state index in [4.69, 9.17) is 4.74 Å². The fourth-order valence-electron chi connectivity index (χ4n) is 3.83. The Hall–Kier alpha value is -2.34. The molecule has 0 bridgehead atoms. The molecule has 0 radical (unpaired) electrons. The highest BCUT2D eigenvalue weighted by atomic mass is 32.2. The summed E-state index contributed by atoms with van der Waals surface area (Å²) >= 11 is 0. The molecule has 1 aliphatic heterocycles. The summed E-state index contributed by atoms with van der Waals surface area (Å²) in [6.07, 6.45) is 0.476. The maximum Gasteiger partial charge on any atom is 0.261 e. The molecule has 0 saturated carbocycles. The summed E-state index contributed by atoms with van der Waals surface area (Å²) < 4.78 is 29.8. The normalized spacial score (nSPS) is 18.0. The zero-order valence-electron chi connectivity index (χ0n) is 16.6. The van der Waals surface area contributed by atoms with Crippen LogP contribution in [0.3, 0.4) is 0 Å². The number of aryl methyl sites for hydroxylation is 3. The average Bonchev–Trinajstić information content (AvgIpc) is 2.99. The molecule has 1 atom stereocenters. The van der Waals surface area contributed by atoms with Crippen LogP contribution in [0, 0.1) is 20.8 Å². The molecular formula is C22H27NO4S. The summed E-state index contributed by atoms with van der Waals surface area (Å²) in [4.78, 5) is 14.7. The van der Waals surface area contributed by atoms with Crippen molar-refractivity contribution in [3.8, 4) is 5.75 Å². The Morgan fingerprint density at radius 1 is 1.11 bits per heavy atom. The van der Waals surface area contributed by atoms with Crippen LogP contribution in [0.5, 0.6) is 5.75 Å². The van der Waals surface area contributed by atoms with Crippen molar-refractivity contribution in [3.63, 3.8) is 0 Å². The number of ether oxygens (including phenoxy) is 1. The Bertz CT molecular complexity index is 931. The van der Waals surface area contributed by atoms with Gasteiger partial charge in [0.05, 0.1) is 11.5 Å². The predicted octanol–water partition coefficient (Wildman–Crippen LogP) is 3.21. The van der Waals surface area contributed by atoms with Crippen LogP contribution >= 0.6 is 0 Å². The van der Waals surface area contributed by atoms with Crippen LogP contribution in [0.2, 0.25) is 0 Å². The zero-order chi connectivity index (χ0) is 20.3. The van der Waals surface area contributed by atoms with Crippen LogP contribution in [-0.4, -0.2) is 43.4 Å². The topological polar surface area (TPSA) is 63.7 Å². The number of rotatable bonds is 6. The smallest absolute Gasteiger partial charge is 0.261 e. The number of hydrogen-bond donors (Lipinski definition) is 0. The molecule has 150 valence electrons. The summed E-state index contributed by atoms with van der Waals surface area (Å²) in [5.41, 5.74) is 4.10. The summed E-state index contributed by atoms with van der Waals surface area (Å²) in [5.74, 6) is 0.685. The van der Waals surface area contributed by atoms with Gasteiger partial charge in [-0.05, 0) is 43.9 Å². The quantitative estimate of drug-likeness (QED) is 0.746. The Labute approximate surface area is 167 Å². The summed E-state index contributed by atoms with van der Waals surface area (Å²) in [7, 11) is -3.09. The van der Waals surface area contributed by atoms with E-state index in [1.807, 2.05) is 63.2 Å². The van der Waals surface area contributed by atoms with Gasteiger partial charge >= 0.3 is 0 Å². The van der Waals surface area contributed by atoms with Gasteiger partial charge in [0.1, 0.15) is 5.75 Å². The van der Waals surface area contributed by atoms with Gasteiger partial charge in [0.2, 0.25) is 0 Å². The van der Waals surface area contributed by atoms with Gasteiger partial charge in [-0.15, -0.1) is 0 Å². The molecule has 1 heterocycles. The minimum Gasteiger partial charge on any atom is -0.483 e. The van der Waals surface area contributed by atoms with Crippen molar-refractivity contribution in [2.45, 2.75) is 39.8 Å². The molecule has 0 aromatic heterocycles. The van der Waals surface area contributed by atoms with Crippen LogP contribution in [0.4, 0.5) is 0 Å². The Balaban J connectivity index is 1.77. The third kappa shape index (κ3) is 4.93. The molecule has 3 rings (SSSR count). The molecule has 1 aliphatic rings. The fourth-order valence-corrected chi connectivity index (χ4v) is 5.56. The summed E-state index contributed by atoms with van der Waals surface area (Å²) in [6.45, 7) is 6.23. The van der Waals surface area contributed by atoms with Crippen molar-refractivity contribution in [1.82, 2.24) is 4.90 Å². The van der Waals surface area contributed by atoms with E-state index in [-0.39, 0.29) is 30.1 Å². The second kappa shape index (κ2) is 8.35. The average molecular weight is 402 g/mol. The van der Waals surface area contributed by atoms with Gasteiger partial charge in [-0.1, -0.05) is 48.0 Å². The van der Waals surface area contributed by atoms with E-state index >= 15 is 0 Å². The van der Waals surface area contributed by atoms with Crippen LogP contribution in [0.25, 0.3) is 0 Å². The molecule has 0 N–H and O–H groups in total. The molecule has 1 amide bonds. The van der Waals surface area contributed by atoms with E-state index in [9.17, 15) is 13.2 Å². The van der Waals surface area contributed by atoms with Crippen LogP contribution in [-0.2, 0) is 21.2 Å². The lowest BCUT2D eigenvalue weighted by Gasteiger charge is -2.28. The first-order valence-electron chi connectivity index (χ1n) is 9.49. The lowest BCUT2D eigenvalue weighted by atomic mass is 10.1. The van der Waals surface area contributed by atoms with Gasteiger partial charge in [-0.3, -0.25) is 4.79 Å². The number of hydrogen-bond acceptors (Lipinski definition) is 4. The number of benzene rings is 2. The van der Waals surface area contributed by atoms with E-state index < -0.39 is 9.84 Å². The number of carbonyl (C=O) groups excluding carboxylic acids is 1. The molecular weight excluding hydrogens is 374 g/mol. The van der Waals surface area contributed by atoms with Gasteiger partial charge in [-0.25, -0.2) is 8.42 Å². The molecule has 6 heteroatoms. The second-order valence-corrected chi connectivity index (χ2v) is 9.81. The highest BCUT2D eigenvalue weighted by molar-refractivity contribution is 7.91. The Morgan fingerprint density at radius 3 is 2.32 bits per heavy atom. The van der Waals surface area contributed by atoms with Crippen molar-refractivity contribution >= 4 is 15.7 Å². The van der Waals surface area contributed by atoms with Crippen LogP contribution in [0.15, 0.2) is 42.5 Å². The number of amides is 1. The largest absolute Gasteiger partial charge is 0.483 e. The van der Waals surface area contributed by atoms with Gasteiger partial charge in [0.25, 0.3) is 5.91 Å². The molecule has 1 fully saturated rings. The fraction of sp³-hybridized carbons (Fsp3) is 0.409. The minimum absolute atomic E-state index is 0.0220. The lowest BCUT2D eigenvalue weighted by Crippen LogP contribution is -2.43. The lowest BCUT2D eigenvalue weighted by molar-refractivity contribution is -0.136. The monoisotopic (exact) mass is 401 g/mol. The van der Waals surface area contributed by atoms with Gasteiger partial charge in [-0.2, -0.15) is 0 Å². The van der Waals surface area contributed by atoms with Gasteiger partial charge < -0.3 is 9.64 Å². The third-order valence-corrected chi connectivity index (χ3v) is 6.86. The zero-order valence-corrected chi connectivity index (χ0v) is 17.5. The minimum atomic E-state index is -3.09. The highest BCUT2D eigenvalue weighted by Crippen LogP contribution is 2.25. The SMILES string of the molecule is Cc1cc(C)c(OCC(=O)N(Cc2ccccc2)[C@H]2CCS(=O)(=O)C2)c(C)c1. The maximum atomic E-state index is 13.0. The van der Waals surface area contributed by atoms with Crippen LogP contribution < -0.4 is 4.74 Å². The van der Waals surface area contributed by atoms with Crippen molar-refractivity contribution in [2.24, 2.45) is 0 Å².